The predicted molar refractivity (Wildman–Crippen MR) is 60.1 cm³/mol. The van der Waals surface area contributed by atoms with E-state index in [9.17, 15) is 4.79 Å². The van der Waals surface area contributed by atoms with Crippen LogP contribution in [0.1, 0.15) is 5.56 Å². The minimum atomic E-state index is -0.390. The maximum Gasteiger partial charge on any atom is 0.330 e. The normalized spacial score (nSPS) is 9.67. The van der Waals surface area contributed by atoms with Crippen LogP contribution in [0.15, 0.2) is 54.8 Å². The second-order valence-corrected chi connectivity index (χ2v) is 2.81. The Morgan fingerprint density at radius 1 is 1.33 bits per heavy atom. The van der Waals surface area contributed by atoms with Crippen LogP contribution in [0.25, 0.3) is 5.57 Å². The molecule has 0 aromatic heterocycles. The SMILES string of the molecule is C=C=C(/C=C/C(=O)OC)c1ccccc1. The molecule has 0 radical (unpaired) electrons. The van der Waals surface area contributed by atoms with Crippen molar-refractivity contribution in [1.82, 2.24) is 0 Å². The van der Waals surface area contributed by atoms with Crippen molar-refractivity contribution in [3.63, 3.8) is 0 Å². The first-order chi connectivity index (χ1) is 7.27. The maximum absolute atomic E-state index is 10.9. The fourth-order valence-corrected chi connectivity index (χ4v) is 1.09. The quantitative estimate of drug-likeness (QED) is 0.324. The number of methoxy groups -OCH3 is 1. The lowest BCUT2D eigenvalue weighted by Crippen LogP contribution is -1.93. The van der Waals surface area contributed by atoms with Gasteiger partial charge in [0.05, 0.1) is 7.11 Å². The van der Waals surface area contributed by atoms with Crippen molar-refractivity contribution < 1.29 is 9.53 Å². The van der Waals surface area contributed by atoms with Gasteiger partial charge in [-0.1, -0.05) is 36.9 Å². The van der Waals surface area contributed by atoms with Gasteiger partial charge < -0.3 is 4.74 Å². The molecule has 0 heterocycles. The summed E-state index contributed by atoms with van der Waals surface area (Å²) in [6.07, 6.45) is 2.98. The van der Waals surface area contributed by atoms with Crippen molar-refractivity contribution in [2.45, 2.75) is 0 Å². The van der Waals surface area contributed by atoms with Gasteiger partial charge >= 0.3 is 5.97 Å². The molecule has 0 aliphatic carbocycles. The molecule has 0 N–H and O–H groups in total. The molecule has 0 unspecified atom stereocenters. The van der Waals surface area contributed by atoms with Crippen molar-refractivity contribution in [3.05, 3.63) is 60.4 Å². The van der Waals surface area contributed by atoms with Gasteiger partial charge in [0.2, 0.25) is 0 Å². The summed E-state index contributed by atoms with van der Waals surface area (Å²) in [4.78, 5) is 10.9. The molecule has 76 valence electrons. The first kappa shape index (κ1) is 11.0. The zero-order chi connectivity index (χ0) is 11.1. The Balaban J connectivity index is 2.89. The zero-order valence-corrected chi connectivity index (χ0v) is 8.57. The lowest BCUT2D eigenvalue weighted by atomic mass is 10.1. The molecule has 15 heavy (non-hydrogen) atoms. The summed E-state index contributed by atoms with van der Waals surface area (Å²) in [7, 11) is 1.34. The number of carbonyl (C=O) groups is 1. The van der Waals surface area contributed by atoms with Gasteiger partial charge in [0, 0.05) is 11.6 Å². The molecule has 0 atom stereocenters. The summed E-state index contributed by atoms with van der Waals surface area (Å²) in [5.74, 6) is -0.390. The molecule has 0 saturated heterocycles. The Kier molecular flexibility index (Phi) is 4.14. The molecule has 0 fully saturated rings. The number of ether oxygens (including phenoxy) is 1. The van der Waals surface area contributed by atoms with E-state index in [4.69, 9.17) is 0 Å². The van der Waals surface area contributed by atoms with E-state index < -0.39 is 5.97 Å². The molecule has 0 bridgehead atoms. The van der Waals surface area contributed by atoms with E-state index in [1.807, 2.05) is 30.3 Å². The van der Waals surface area contributed by atoms with Crippen LogP contribution in [0, 0.1) is 0 Å². The fourth-order valence-electron chi connectivity index (χ4n) is 1.09. The Morgan fingerprint density at radius 3 is 2.53 bits per heavy atom. The maximum atomic E-state index is 10.9. The smallest absolute Gasteiger partial charge is 0.330 e. The summed E-state index contributed by atoms with van der Waals surface area (Å²) in [5.41, 5.74) is 4.50. The van der Waals surface area contributed by atoms with Crippen molar-refractivity contribution in [1.29, 1.82) is 0 Å². The number of hydrogen-bond donors (Lipinski definition) is 0. The van der Waals surface area contributed by atoms with E-state index in [1.165, 1.54) is 13.2 Å². The van der Waals surface area contributed by atoms with E-state index in [0.717, 1.165) is 11.1 Å². The van der Waals surface area contributed by atoms with Crippen LogP contribution in [0.3, 0.4) is 0 Å². The molecule has 2 heteroatoms. The Hall–Kier alpha value is -2.05. The van der Waals surface area contributed by atoms with Crippen LogP contribution in [-0.2, 0) is 9.53 Å². The second kappa shape index (κ2) is 5.63. The third-order valence-electron chi connectivity index (χ3n) is 1.86. The zero-order valence-electron chi connectivity index (χ0n) is 8.57. The van der Waals surface area contributed by atoms with Crippen LogP contribution in [0.5, 0.6) is 0 Å². The van der Waals surface area contributed by atoms with Crippen molar-refractivity contribution in [3.8, 4) is 0 Å². The van der Waals surface area contributed by atoms with Crippen LogP contribution in [0.2, 0.25) is 0 Å². The third kappa shape index (κ3) is 3.29. The molecule has 2 nitrogen and oxygen atoms in total. The number of carbonyl (C=O) groups excluding carboxylic acids is 1. The van der Waals surface area contributed by atoms with Gasteiger partial charge in [-0.05, 0) is 11.6 Å². The van der Waals surface area contributed by atoms with Gasteiger partial charge in [0.15, 0.2) is 0 Å². The molecular formula is C13H12O2. The summed E-state index contributed by atoms with van der Waals surface area (Å²) < 4.78 is 4.49. The first-order valence-electron chi connectivity index (χ1n) is 4.49. The largest absolute Gasteiger partial charge is 0.466 e. The van der Waals surface area contributed by atoms with E-state index in [2.05, 4.69) is 17.0 Å². The fraction of sp³-hybridized carbons (Fsp3) is 0.0769. The van der Waals surface area contributed by atoms with E-state index in [-0.39, 0.29) is 0 Å². The topological polar surface area (TPSA) is 26.3 Å². The van der Waals surface area contributed by atoms with Crippen molar-refractivity contribution in [2.75, 3.05) is 7.11 Å². The van der Waals surface area contributed by atoms with Gasteiger partial charge in [-0.25, -0.2) is 4.79 Å². The molecule has 1 rings (SSSR count). The van der Waals surface area contributed by atoms with Gasteiger partial charge in [-0.3, -0.25) is 0 Å². The van der Waals surface area contributed by atoms with Crippen molar-refractivity contribution in [2.24, 2.45) is 0 Å². The summed E-state index contributed by atoms with van der Waals surface area (Å²) in [5, 5.41) is 0. The molecule has 0 aliphatic heterocycles. The third-order valence-corrected chi connectivity index (χ3v) is 1.86. The van der Waals surface area contributed by atoms with Crippen LogP contribution in [0.4, 0.5) is 0 Å². The minimum absolute atomic E-state index is 0.390. The highest BCUT2D eigenvalue weighted by molar-refractivity contribution is 5.86. The molecule has 0 amide bonds. The monoisotopic (exact) mass is 200 g/mol. The van der Waals surface area contributed by atoms with Crippen molar-refractivity contribution >= 4 is 11.5 Å². The molecular weight excluding hydrogens is 188 g/mol. The number of esters is 1. The Labute approximate surface area is 89.2 Å². The second-order valence-electron chi connectivity index (χ2n) is 2.81. The van der Waals surface area contributed by atoms with E-state index >= 15 is 0 Å². The lowest BCUT2D eigenvalue weighted by Gasteiger charge is -1.98. The molecule has 0 saturated carbocycles. The summed E-state index contributed by atoms with van der Waals surface area (Å²) in [6.45, 7) is 3.58. The average Bonchev–Trinajstić information content (AvgIpc) is 2.31. The van der Waals surface area contributed by atoms with Crippen LogP contribution >= 0.6 is 0 Å². The number of allylic oxidation sites excluding steroid dienone is 2. The van der Waals surface area contributed by atoms with Gasteiger partial charge in [-0.2, -0.15) is 0 Å². The highest BCUT2D eigenvalue weighted by Gasteiger charge is 1.96. The number of hydrogen-bond acceptors (Lipinski definition) is 2. The van der Waals surface area contributed by atoms with Gasteiger partial charge in [0.25, 0.3) is 0 Å². The minimum Gasteiger partial charge on any atom is -0.466 e. The van der Waals surface area contributed by atoms with Gasteiger partial charge in [0.1, 0.15) is 0 Å². The average molecular weight is 200 g/mol. The molecule has 0 aliphatic rings. The standard InChI is InChI=1S/C13H12O2/c1-3-11(9-10-13(14)15-2)12-7-5-4-6-8-12/h4-10H,1H2,2H3/b10-9+. The molecule has 1 aromatic rings. The number of benzene rings is 1. The number of rotatable bonds is 3. The molecule has 1 aromatic carbocycles. The lowest BCUT2D eigenvalue weighted by molar-refractivity contribution is -0.134. The van der Waals surface area contributed by atoms with Crippen LogP contribution < -0.4 is 0 Å². The van der Waals surface area contributed by atoms with Crippen LogP contribution in [-0.4, -0.2) is 13.1 Å². The summed E-state index contributed by atoms with van der Waals surface area (Å²) in [6, 6.07) is 9.61. The Morgan fingerprint density at radius 2 is 2.00 bits per heavy atom. The summed E-state index contributed by atoms with van der Waals surface area (Å²) >= 11 is 0. The van der Waals surface area contributed by atoms with E-state index in [0.29, 0.717) is 0 Å². The highest BCUT2D eigenvalue weighted by Crippen LogP contribution is 2.13. The first-order valence-corrected chi connectivity index (χ1v) is 4.49. The predicted octanol–water partition coefficient (Wildman–Crippen LogP) is 2.58. The van der Waals surface area contributed by atoms with Gasteiger partial charge in [-0.15, -0.1) is 5.73 Å². The highest BCUT2D eigenvalue weighted by atomic mass is 16.5. The molecule has 0 spiro atoms. The van der Waals surface area contributed by atoms with E-state index in [1.54, 1.807) is 6.08 Å². The Bertz CT molecular complexity index is 409.